The number of nitrogens with zero attached hydrogens (tertiary/aromatic N) is 1. The van der Waals surface area contributed by atoms with Crippen LogP contribution in [-0.2, 0) is 30.7 Å². The molecule has 11 heteroatoms. The summed E-state index contributed by atoms with van der Waals surface area (Å²) < 4.78 is 52.0. The number of unbranched alkanes of at least 4 members (excludes halogenated alkanes) is 4. The van der Waals surface area contributed by atoms with Crippen LogP contribution in [0.3, 0.4) is 0 Å². The number of benzene rings is 2. The molecule has 2 aliphatic rings. The zero-order chi connectivity index (χ0) is 32.8. The summed E-state index contributed by atoms with van der Waals surface area (Å²) in [6.45, 7) is 8.70. The van der Waals surface area contributed by atoms with Gasteiger partial charge in [-0.3, -0.25) is 0 Å². The first-order valence-corrected chi connectivity index (χ1v) is 17.6. The maximum absolute atomic E-state index is 14.0. The molecule has 2 saturated heterocycles. The van der Waals surface area contributed by atoms with Crippen LogP contribution in [0.4, 0.5) is 4.79 Å². The predicted molar refractivity (Wildman–Crippen MR) is 176 cm³/mol. The molecule has 0 bridgehead atoms. The smallest absolute Gasteiger partial charge is 0.407 e. The first-order chi connectivity index (χ1) is 22.3. The van der Waals surface area contributed by atoms with Gasteiger partial charge in [-0.05, 0) is 69.1 Å². The number of carbonyl (C=O) groups is 1. The fourth-order valence-corrected chi connectivity index (χ4v) is 7.23. The maximum Gasteiger partial charge on any atom is 0.407 e. The Bertz CT molecular complexity index is 1360. The monoisotopic (exact) mass is 656 g/mol. The van der Waals surface area contributed by atoms with Crippen LogP contribution in [0.25, 0.3) is 0 Å². The van der Waals surface area contributed by atoms with Crippen molar-refractivity contribution in [2.75, 3.05) is 32.9 Å². The Morgan fingerprint density at radius 3 is 2.57 bits per heavy atom. The molecule has 4 rings (SSSR count). The Hall–Kier alpha value is -3.22. The Labute approximate surface area is 273 Å². The number of amides is 1. The van der Waals surface area contributed by atoms with Crippen LogP contribution in [0.15, 0.2) is 84.8 Å². The highest BCUT2D eigenvalue weighted by Gasteiger charge is 2.44. The Balaban J connectivity index is 1.49. The minimum Gasteiger partial charge on any atom is -0.494 e. The minimum absolute atomic E-state index is 0.0358. The average Bonchev–Trinajstić information content (AvgIpc) is 3.68. The van der Waals surface area contributed by atoms with E-state index in [1.807, 2.05) is 36.4 Å². The number of aliphatic hydroxyl groups excluding tert-OH is 1. The molecule has 2 N–H and O–H groups in total. The summed E-state index contributed by atoms with van der Waals surface area (Å²) >= 11 is 0. The Morgan fingerprint density at radius 2 is 1.80 bits per heavy atom. The van der Waals surface area contributed by atoms with E-state index in [-0.39, 0.29) is 43.2 Å². The van der Waals surface area contributed by atoms with Crippen molar-refractivity contribution in [3.8, 4) is 5.75 Å². The number of carbonyl (C=O) groups excluding carboxylic acids is 1. The van der Waals surface area contributed by atoms with Crippen molar-refractivity contribution < 1.29 is 37.3 Å². The number of fused-ring (bicyclic) bond motifs is 1. The summed E-state index contributed by atoms with van der Waals surface area (Å²) in [5.74, 6) is 0.426. The molecule has 252 valence electrons. The molecule has 1 amide bonds. The Morgan fingerprint density at radius 1 is 1.04 bits per heavy atom. The number of ether oxygens (including phenoxy) is 4. The van der Waals surface area contributed by atoms with Gasteiger partial charge in [0.2, 0.25) is 10.0 Å². The van der Waals surface area contributed by atoms with Crippen molar-refractivity contribution in [2.45, 2.75) is 80.8 Å². The number of nitrogens with one attached hydrogen (secondary N) is 1. The number of hydrogen-bond donors (Lipinski definition) is 2. The summed E-state index contributed by atoms with van der Waals surface area (Å²) in [7, 11) is -4.03. The first-order valence-electron chi connectivity index (χ1n) is 16.2. The molecule has 0 saturated carbocycles. The molecule has 0 aliphatic carbocycles. The van der Waals surface area contributed by atoms with Crippen molar-refractivity contribution >= 4 is 16.1 Å². The molecular weight excluding hydrogens is 608 g/mol. The van der Waals surface area contributed by atoms with Gasteiger partial charge < -0.3 is 29.4 Å². The topological polar surface area (TPSA) is 124 Å². The van der Waals surface area contributed by atoms with Crippen LogP contribution in [-0.4, -0.2) is 81.4 Å². The summed E-state index contributed by atoms with van der Waals surface area (Å²) in [5.41, 5.74) is 0.874. The highest BCUT2D eigenvalue weighted by atomic mass is 32.2. The van der Waals surface area contributed by atoms with E-state index in [9.17, 15) is 18.3 Å². The van der Waals surface area contributed by atoms with E-state index in [4.69, 9.17) is 18.9 Å². The van der Waals surface area contributed by atoms with Gasteiger partial charge in [0.25, 0.3) is 0 Å². The van der Waals surface area contributed by atoms with E-state index < -0.39 is 34.4 Å². The van der Waals surface area contributed by atoms with Crippen LogP contribution < -0.4 is 10.1 Å². The van der Waals surface area contributed by atoms with E-state index in [2.05, 4.69) is 18.5 Å². The molecule has 2 fully saturated rings. The molecule has 2 aromatic carbocycles. The molecule has 46 heavy (non-hydrogen) atoms. The molecule has 0 aromatic heterocycles. The van der Waals surface area contributed by atoms with Crippen LogP contribution in [0, 0.1) is 5.92 Å². The third kappa shape index (κ3) is 10.4. The fraction of sp³-hybridized carbons (Fsp3) is 0.514. The lowest BCUT2D eigenvalue weighted by Gasteiger charge is -2.30. The SMILES string of the molecule is C=CCCCCOc1cccc(S(=O)(=O)N(CCCCC=C)C[C@@H](O)[C@H](Cc2ccccc2)NC(=O)O[C@H]2CO[C@H]3OCCC32)c1. The molecule has 2 aromatic rings. The zero-order valence-corrected chi connectivity index (χ0v) is 27.3. The second-order valence-electron chi connectivity index (χ2n) is 11.7. The number of rotatable bonds is 20. The van der Waals surface area contributed by atoms with E-state index in [0.29, 0.717) is 25.4 Å². The number of sulfonamides is 1. The summed E-state index contributed by atoms with van der Waals surface area (Å²) in [5, 5.41) is 14.4. The molecule has 10 nitrogen and oxygen atoms in total. The van der Waals surface area contributed by atoms with Gasteiger partial charge in [0.15, 0.2) is 6.29 Å². The molecule has 5 atom stereocenters. The predicted octanol–water partition coefficient (Wildman–Crippen LogP) is 5.23. The summed E-state index contributed by atoms with van der Waals surface area (Å²) in [6, 6.07) is 15.0. The molecule has 2 heterocycles. The van der Waals surface area contributed by atoms with Crippen molar-refractivity contribution in [1.82, 2.24) is 9.62 Å². The lowest BCUT2D eigenvalue weighted by molar-refractivity contribution is -0.0907. The van der Waals surface area contributed by atoms with Gasteiger partial charge in [-0.2, -0.15) is 4.31 Å². The van der Waals surface area contributed by atoms with Crippen LogP contribution in [0.1, 0.15) is 50.5 Å². The van der Waals surface area contributed by atoms with Gasteiger partial charge >= 0.3 is 6.09 Å². The third-order valence-corrected chi connectivity index (χ3v) is 10.1. The molecule has 2 aliphatic heterocycles. The van der Waals surface area contributed by atoms with Crippen molar-refractivity contribution in [3.63, 3.8) is 0 Å². The lowest BCUT2D eigenvalue weighted by atomic mass is 10.0. The molecule has 1 unspecified atom stereocenters. The van der Waals surface area contributed by atoms with Gasteiger partial charge in [0.05, 0.1) is 42.8 Å². The molecule has 0 spiro atoms. The standard InChI is InChI=1S/C35H48N2O8S/c1-3-5-7-12-20-37(46(40,41)29-18-14-17-28(24-29)42-21-13-8-6-4-2)25-32(38)31(23-27-15-10-9-11-16-27)36-35(39)45-33-26-44-34-30(33)19-22-43-34/h3-4,9-11,14-18,24,30-34,38H,1-2,5-8,12-13,19-23,25-26H2,(H,36,39)/t30?,31-,32+,33-,34+/m0/s1. The van der Waals surface area contributed by atoms with E-state index >= 15 is 0 Å². The van der Waals surface area contributed by atoms with Gasteiger partial charge in [-0.25, -0.2) is 13.2 Å². The van der Waals surface area contributed by atoms with Gasteiger partial charge in [0.1, 0.15) is 11.9 Å². The number of allylic oxidation sites excluding steroid dienone is 2. The van der Waals surface area contributed by atoms with Crippen LogP contribution in [0.5, 0.6) is 5.75 Å². The second-order valence-corrected chi connectivity index (χ2v) is 13.7. The normalized spacial score (nSPS) is 20.5. The van der Waals surface area contributed by atoms with E-state index in [1.54, 1.807) is 18.2 Å². The fourth-order valence-electron chi connectivity index (χ4n) is 5.70. The number of aliphatic hydroxyl groups is 1. The average molecular weight is 657 g/mol. The van der Waals surface area contributed by atoms with Crippen molar-refractivity contribution in [1.29, 1.82) is 0 Å². The van der Waals surface area contributed by atoms with E-state index in [1.165, 1.54) is 16.4 Å². The first kappa shape index (κ1) is 35.6. The number of hydrogen-bond acceptors (Lipinski definition) is 8. The van der Waals surface area contributed by atoms with Gasteiger partial charge in [0, 0.05) is 19.2 Å². The quantitative estimate of drug-likeness (QED) is 0.147. The Kier molecular flexibility index (Phi) is 14.1. The van der Waals surface area contributed by atoms with Gasteiger partial charge in [-0.15, -0.1) is 13.2 Å². The summed E-state index contributed by atoms with van der Waals surface area (Å²) in [4.78, 5) is 13.2. The van der Waals surface area contributed by atoms with Crippen LogP contribution >= 0.6 is 0 Å². The van der Waals surface area contributed by atoms with Crippen molar-refractivity contribution in [2.24, 2.45) is 5.92 Å². The van der Waals surface area contributed by atoms with Crippen LogP contribution in [0.2, 0.25) is 0 Å². The second kappa shape index (κ2) is 18.2. The molecule has 0 radical (unpaired) electrons. The maximum atomic E-state index is 14.0. The van der Waals surface area contributed by atoms with Crippen molar-refractivity contribution in [3.05, 3.63) is 85.5 Å². The zero-order valence-electron chi connectivity index (χ0n) is 26.5. The third-order valence-electron chi connectivity index (χ3n) is 8.28. The van der Waals surface area contributed by atoms with E-state index in [0.717, 1.165) is 44.1 Å². The largest absolute Gasteiger partial charge is 0.494 e. The number of alkyl carbamates (subject to hydrolysis) is 1. The molecular formula is C35H48N2O8S. The highest BCUT2D eigenvalue weighted by molar-refractivity contribution is 7.89. The van der Waals surface area contributed by atoms with Gasteiger partial charge in [-0.1, -0.05) is 48.6 Å². The highest BCUT2D eigenvalue weighted by Crippen LogP contribution is 2.33. The minimum atomic E-state index is -4.03. The summed E-state index contributed by atoms with van der Waals surface area (Å²) in [6.07, 6.45) is 6.61. The lowest BCUT2D eigenvalue weighted by Crippen LogP contribution is -2.51.